The molecule has 2 N–H and O–H groups in total. The van der Waals surface area contributed by atoms with Crippen LogP contribution in [-0.2, 0) is 13.5 Å². The number of aromatic nitrogens is 2. The van der Waals surface area contributed by atoms with E-state index in [0.717, 1.165) is 5.69 Å². The zero-order valence-corrected chi connectivity index (χ0v) is 7.12. The Morgan fingerprint density at radius 1 is 1.75 bits per heavy atom. The monoisotopic (exact) mass is 167 g/mol. The molecule has 1 aromatic rings. The summed E-state index contributed by atoms with van der Waals surface area (Å²) in [6, 6.07) is 0. The molecule has 1 saturated heterocycles. The van der Waals surface area contributed by atoms with Crippen LogP contribution >= 0.6 is 0 Å². The van der Waals surface area contributed by atoms with Gasteiger partial charge in [-0.25, -0.2) is 4.98 Å². The zero-order chi connectivity index (χ0) is 8.60. The van der Waals surface area contributed by atoms with Crippen molar-refractivity contribution in [2.24, 2.45) is 7.05 Å². The third-order valence-corrected chi connectivity index (χ3v) is 2.33. The van der Waals surface area contributed by atoms with Crippen LogP contribution < -0.4 is 5.32 Å². The van der Waals surface area contributed by atoms with E-state index in [0.29, 0.717) is 19.5 Å². The topological polar surface area (TPSA) is 50.1 Å². The SMILES string of the molecule is Cn1cncc1CC1(O)CNC1. The number of aryl methyl sites for hydroxylation is 1. The third kappa shape index (κ3) is 1.23. The molecule has 0 radical (unpaired) electrons. The van der Waals surface area contributed by atoms with Gasteiger partial charge in [0.15, 0.2) is 0 Å². The first kappa shape index (κ1) is 7.76. The van der Waals surface area contributed by atoms with E-state index in [1.54, 1.807) is 12.5 Å². The van der Waals surface area contributed by atoms with Crippen LogP contribution in [0.4, 0.5) is 0 Å². The molecule has 0 aromatic carbocycles. The van der Waals surface area contributed by atoms with Gasteiger partial charge >= 0.3 is 0 Å². The summed E-state index contributed by atoms with van der Waals surface area (Å²) in [6.45, 7) is 1.39. The lowest BCUT2D eigenvalue weighted by atomic mass is 9.92. The van der Waals surface area contributed by atoms with Crippen molar-refractivity contribution in [3.8, 4) is 0 Å². The molecule has 66 valence electrons. The second-order valence-corrected chi connectivity index (χ2v) is 3.50. The minimum atomic E-state index is -0.534. The molecule has 4 nitrogen and oxygen atoms in total. The molecule has 1 aliphatic heterocycles. The highest BCUT2D eigenvalue weighted by atomic mass is 16.3. The Balaban J connectivity index is 2.08. The van der Waals surface area contributed by atoms with Gasteiger partial charge in [-0.1, -0.05) is 0 Å². The van der Waals surface area contributed by atoms with E-state index in [2.05, 4.69) is 10.3 Å². The van der Waals surface area contributed by atoms with Crippen molar-refractivity contribution in [1.82, 2.24) is 14.9 Å². The minimum Gasteiger partial charge on any atom is -0.387 e. The van der Waals surface area contributed by atoms with Gasteiger partial charge in [-0.3, -0.25) is 0 Å². The van der Waals surface area contributed by atoms with Crippen molar-refractivity contribution in [3.63, 3.8) is 0 Å². The smallest absolute Gasteiger partial charge is 0.0950 e. The molecule has 0 aliphatic carbocycles. The molecule has 0 spiro atoms. The first-order valence-electron chi connectivity index (χ1n) is 4.08. The van der Waals surface area contributed by atoms with Crippen LogP contribution in [0, 0.1) is 0 Å². The van der Waals surface area contributed by atoms with E-state index in [4.69, 9.17) is 0 Å². The lowest BCUT2D eigenvalue weighted by Crippen LogP contribution is -2.60. The van der Waals surface area contributed by atoms with Crippen LogP contribution in [0.15, 0.2) is 12.5 Å². The Bertz CT molecular complexity index is 278. The number of rotatable bonds is 2. The quantitative estimate of drug-likeness (QED) is 0.612. The highest BCUT2D eigenvalue weighted by Gasteiger charge is 2.34. The Kier molecular flexibility index (Phi) is 1.66. The predicted octanol–water partition coefficient (Wildman–Crippen LogP) is -0.703. The van der Waals surface area contributed by atoms with Crippen LogP contribution in [0.1, 0.15) is 5.69 Å². The molecule has 0 unspecified atom stereocenters. The van der Waals surface area contributed by atoms with E-state index >= 15 is 0 Å². The van der Waals surface area contributed by atoms with Gasteiger partial charge in [0.25, 0.3) is 0 Å². The van der Waals surface area contributed by atoms with Crippen molar-refractivity contribution in [2.75, 3.05) is 13.1 Å². The van der Waals surface area contributed by atoms with Gasteiger partial charge in [0, 0.05) is 38.4 Å². The number of hydrogen-bond acceptors (Lipinski definition) is 3. The lowest BCUT2D eigenvalue weighted by molar-refractivity contribution is -0.0103. The maximum atomic E-state index is 9.80. The summed E-state index contributed by atoms with van der Waals surface area (Å²) >= 11 is 0. The molecule has 4 heteroatoms. The largest absolute Gasteiger partial charge is 0.387 e. The highest BCUT2D eigenvalue weighted by molar-refractivity contribution is 5.07. The molecular formula is C8H13N3O. The fourth-order valence-electron chi connectivity index (χ4n) is 1.43. The van der Waals surface area contributed by atoms with Crippen LogP contribution in [0.25, 0.3) is 0 Å². The van der Waals surface area contributed by atoms with Gasteiger partial charge in [-0.2, -0.15) is 0 Å². The number of nitrogens with one attached hydrogen (secondary N) is 1. The fraction of sp³-hybridized carbons (Fsp3) is 0.625. The molecule has 1 aromatic heterocycles. The summed E-state index contributed by atoms with van der Waals surface area (Å²) in [7, 11) is 1.94. The van der Waals surface area contributed by atoms with E-state index in [1.165, 1.54) is 0 Å². The van der Waals surface area contributed by atoms with Crippen LogP contribution in [0.5, 0.6) is 0 Å². The number of β-amino-alcohol motifs (C(OH)–C–C–N with tert-alkyl or cyclic N) is 1. The third-order valence-electron chi connectivity index (χ3n) is 2.33. The maximum absolute atomic E-state index is 9.80. The summed E-state index contributed by atoms with van der Waals surface area (Å²) in [5, 5.41) is 12.9. The van der Waals surface area contributed by atoms with E-state index in [-0.39, 0.29) is 0 Å². The molecule has 12 heavy (non-hydrogen) atoms. The number of aliphatic hydroxyl groups is 1. The summed E-state index contributed by atoms with van der Waals surface area (Å²) in [5.74, 6) is 0. The molecule has 0 saturated carbocycles. The van der Waals surface area contributed by atoms with Gasteiger partial charge in [-0.05, 0) is 0 Å². The summed E-state index contributed by atoms with van der Waals surface area (Å²) in [6.07, 6.45) is 4.25. The van der Waals surface area contributed by atoms with E-state index in [9.17, 15) is 5.11 Å². The number of imidazole rings is 1. The highest BCUT2D eigenvalue weighted by Crippen LogP contribution is 2.16. The summed E-state index contributed by atoms with van der Waals surface area (Å²) < 4.78 is 1.94. The second-order valence-electron chi connectivity index (χ2n) is 3.50. The van der Waals surface area contributed by atoms with Gasteiger partial charge in [0.05, 0.1) is 11.9 Å². The van der Waals surface area contributed by atoms with Crippen molar-refractivity contribution in [1.29, 1.82) is 0 Å². The number of nitrogens with zero attached hydrogens (tertiary/aromatic N) is 2. The second kappa shape index (κ2) is 2.57. The molecule has 0 amide bonds. The van der Waals surface area contributed by atoms with E-state index < -0.39 is 5.60 Å². The van der Waals surface area contributed by atoms with Gasteiger partial charge in [0.2, 0.25) is 0 Å². The van der Waals surface area contributed by atoms with Crippen molar-refractivity contribution in [3.05, 3.63) is 18.2 Å². The minimum absolute atomic E-state index is 0.534. The number of hydrogen-bond donors (Lipinski definition) is 2. The molecule has 0 atom stereocenters. The molecule has 1 aliphatic rings. The predicted molar refractivity (Wildman–Crippen MR) is 44.7 cm³/mol. The molecule has 2 heterocycles. The molecule has 0 bridgehead atoms. The molecular weight excluding hydrogens is 154 g/mol. The van der Waals surface area contributed by atoms with Crippen LogP contribution in [-0.4, -0.2) is 33.3 Å². The van der Waals surface area contributed by atoms with Gasteiger partial charge < -0.3 is 15.0 Å². The first-order chi connectivity index (χ1) is 5.70. The van der Waals surface area contributed by atoms with Crippen molar-refractivity contribution in [2.45, 2.75) is 12.0 Å². The zero-order valence-electron chi connectivity index (χ0n) is 7.12. The summed E-state index contributed by atoms with van der Waals surface area (Å²) in [5.41, 5.74) is 0.548. The average molecular weight is 167 g/mol. The standard InChI is InChI=1S/C8H13N3O/c1-11-6-9-3-7(11)2-8(12)4-10-5-8/h3,6,10,12H,2,4-5H2,1H3. The first-order valence-corrected chi connectivity index (χ1v) is 4.08. The normalized spacial score (nSPS) is 20.5. The lowest BCUT2D eigenvalue weighted by Gasteiger charge is -2.37. The van der Waals surface area contributed by atoms with E-state index in [1.807, 2.05) is 11.6 Å². The molecule has 2 rings (SSSR count). The Morgan fingerprint density at radius 3 is 2.92 bits per heavy atom. The van der Waals surface area contributed by atoms with Crippen molar-refractivity contribution >= 4 is 0 Å². The van der Waals surface area contributed by atoms with Gasteiger partial charge in [-0.15, -0.1) is 0 Å². The Labute approximate surface area is 71.2 Å². The maximum Gasteiger partial charge on any atom is 0.0950 e. The fourth-order valence-corrected chi connectivity index (χ4v) is 1.43. The van der Waals surface area contributed by atoms with Crippen LogP contribution in [0.2, 0.25) is 0 Å². The van der Waals surface area contributed by atoms with Gasteiger partial charge in [0.1, 0.15) is 0 Å². The Morgan fingerprint density at radius 2 is 2.50 bits per heavy atom. The van der Waals surface area contributed by atoms with Crippen LogP contribution in [0.3, 0.4) is 0 Å². The average Bonchev–Trinajstić information content (AvgIpc) is 2.34. The molecule has 1 fully saturated rings. The van der Waals surface area contributed by atoms with Crippen molar-refractivity contribution < 1.29 is 5.11 Å². The Hall–Kier alpha value is -0.870. The summed E-state index contributed by atoms with van der Waals surface area (Å²) in [4.78, 5) is 4.00.